The molecule has 1 aliphatic rings. The van der Waals surface area contributed by atoms with Crippen molar-refractivity contribution in [3.8, 4) is 5.75 Å². The van der Waals surface area contributed by atoms with E-state index in [1.165, 1.54) is 0 Å². The van der Waals surface area contributed by atoms with Crippen LogP contribution >= 0.6 is 0 Å². The summed E-state index contributed by atoms with van der Waals surface area (Å²) in [6.07, 6.45) is 0.885. The molecule has 2 amide bonds. The van der Waals surface area contributed by atoms with Crippen molar-refractivity contribution in [1.29, 1.82) is 0 Å². The third-order valence-corrected chi connectivity index (χ3v) is 3.25. The Bertz CT molecular complexity index is 487. The van der Waals surface area contributed by atoms with E-state index in [-0.39, 0.29) is 11.8 Å². The Morgan fingerprint density at radius 3 is 2.79 bits per heavy atom. The van der Waals surface area contributed by atoms with Crippen molar-refractivity contribution in [2.45, 2.75) is 25.8 Å². The van der Waals surface area contributed by atoms with E-state index in [2.05, 4.69) is 5.32 Å². The van der Waals surface area contributed by atoms with E-state index in [4.69, 9.17) is 4.74 Å². The van der Waals surface area contributed by atoms with Gasteiger partial charge in [0, 0.05) is 13.0 Å². The first-order valence-corrected chi connectivity index (χ1v) is 6.41. The third kappa shape index (κ3) is 2.70. The predicted octanol–water partition coefficient (Wildman–Crippen LogP) is 1.33. The van der Waals surface area contributed by atoms with Crippen LogP contribution in [0.3, 0.4) is 0 Å². The molecule has 2 rings (SSSR count). The van der Waals surface area contributed by atoms with Gasteiger partial charge in [-0.2, -0.15) is 0 Å². The van der Waals surface area contributed by atoms with Crippen molar-refractivity contribution in [2.24, 2.45) is 0 Å². The number of benzene rings is 1. The lowest BCUT2D eigenvalue weighted by atomic mass is 10.2. The summed E-state index contributed by atoms with van der Waals surface area (Å²) in [6, 6.07) is 6.89. The van der Waals surface area contributed by atoms with E-state index in [1.807, 2.05) is 31.2 Å². The molecule has 1 aromatic rings. The highest BCUT2D eigenvalue weighted by Gasteiger charge is 2.30. The molecule has 1 heterocycles. The molecule has 1 saturated heterocycles. The second-order valence-corrected chi connectivity index (χ2v) is 4.44. The Hall–Kier alpha value is -2.04. The summed E-state index contributed by atoms with van der Waals surface area (Å²) in [4.78, 5) is 25.7. The molecular formula is C14H18N2O3. The van der Waals surface area contributed by atoms with E-state index < -0.39 is 6.04 Å². The average molecular weight is 262 g/mol. The summed E-state index contributed by atoms with van der Waals surface area (Å²) in [7, 11) is 1.57. The SMILES string of the molecule is CCC1NC(=O)CCN(c2ccccc2OC)C1=O. The number of rotatable bonds is 3. The van der Waals surface area contributed by atoms with Crippen LogP contribution in [0.15, 0.2) is 24.3 Å². The zero-order valence-corrected chi connectivity index (χ0v) is 11.2. The van der Waals surface area contributed by atoms with Gasteiger partial charge in [0.2, 0.25) is 11.8 Å². The van der Waals surface area contributed by atoms with Gasteiger partial charge in [-0.05, 0) is 18.6 Å². The second-order valence-electron chi connectivity index (χ2n) is 4.44. The maximum atomic E-state index is 12.4. The lowest BCUT2D eigenvalue weighted by Gasteiger charge is -2.25. The molecule has 5 heteroatoms. The molecule has 1 fully saturated rings. The minimum absolute atomic E-state index is 0.0853. The lowest BCUT2D eigenvalue weighted by molar-refractivity contribution is -0.125. The Kier molecular flexibility index (Phi) is 4.04. The Morgan fingerprint density at radius 2 is 2.11 bits per heavy atom. The first-order valence-electron chi connectivity index (χ1n) is 6.41. The second kappa shape index (κ2) is 5.73. The Labute approximate surface area is 112 Å². The standard InChI is InChI=1S/C14H18N2O3/c1-3-10-14(18)16(9-8-13(17)15-10)11-6-4-5-7-12(11)19-2/h4-7,10H,3,8-9H2,1-2H3,(H,15,17). The molecule has 1 atom stereocenters. The monoisotopic (exact) mass is 262 g/mol. The maximum Gasteiger partial charge on any atom is 0.249 e. The highest BCUT2D eigenvalue weighted by atomic mass is 16.5. The van der Waals surface area contributed by atoms with E-state index in [9.17, 15) is 9.59 Å². The van der Waals surface area contributed by atoms with Gasteiger partial charge in [-0.3, -0.25) is 9.59 Å². The number of nitrogens with one attached hydrogen (secondary N) is 1. The van der Waals surface area contributed by atoms with E-state index in [0.29, 0.717) is 30.8 Å². The largest absolute Gasteiger partial charge is 0.495 e. The number of para-hydroxylation sites is 2. The van der Waals surface area contributed by atoms with Crippen LogP contribution in [0.4, 0.5) is 5.69 Å². The van der Waals surface area contributed by atoms with E-state index in [1.54, 1.807) is 12.0 Å². The predicted molar refractivity (Wildman–Crippen MR) is 72.2 cm³/mol. The molecule has 0 saturated carbocycles. The van der Waals surface area contributed by atoms with Crippen molar-refractivity contribution in [2.75, 3.05) is 18.6 Å². The van der Waals surface area contributed by atoms with Gasteiger partial charge in [0.15, 0.2) is 0 Å². The lowest BCUT2D eigenvalue weighted by Crippen LogP contribution is -2.44. The fourth-order valence-electron chi connectivity index (χ4n) is 2.21. The number of hydrogen-bond acceptors (Lipinski definition) is 3. The first kappa shape index (κ1) is 13.4. The maximum absolute atomic E-state index is 12.4. The molecular weight excluding hydrogens is 244 g/mol. The molecule has 0 radical (unpaired) electrons. The van der Waals surface area contributed by atoms with Crippen molar-refractivity contribution in [1.82, 2.24) is 5.32 Å². The minimum atomic E-state index is -0.458. The molecule has 1 aliphatic heterocycles. The van der Waals surface area contributed by atoms with Gasteiger partial charge in [0.1, 0.15) is 11.8 Å². The summed E-state index contributed by atoms with van der Waals surface area (Å²) in [6.45, 7) is 2.26. The zero-order chi connectivity index (χ0) is 13.8. The number of hydrogen-bond donors (Lipinski definition) is 1. The van der Waals surface area contributed by atoms with Crippen LogP contribution in [0, 0.1) is 0 Å². The van der Waals surface area contributed by atoms with Gasteiger partial charge >= 0.3 is 0 Å². The molecule has 5 nitrogen and oxygen atoms in total. The molecule has 0 aromatic heterocycles. The van der Waals surface area contributed by atoms with Crippen LogP contribution in [0.1, 0.15) is 19.8 Å². The van der Waals surface area contributed by atoms with Crippen molar-refractivity contribution in [3.63, 3.8) is 0 Å². The number of carbonyl (C=O) groups is 2. The van der Waals surface area contributed by atoms with Crippen LogP contribution in [-0.4, -0.2) is 31.5 Å². The van der Waals surface area contributed by atoms with Crippen molar-refractivity contribution < 1.29 is 14.3 Å². The van der Waals surface area contributed by atoms with E-state index in [0.717, 1.165) is 0 Å². The highest BCUT2D eigenvalue weighted by Crippen LogP contribution is 2.29. The van der Waals surface area contributed by atoms with Crippen LogP contribution < -0.4 is 15.0 Å². The average Bonchev–Trinajstić information content (AvgIpc) is 2.58. The molecule has 1 N–H and O–H groups in total. The van der Waals surface area contributed by atoms with Crippen molar-refractivity contribution in [3.05, 3.63) is 24.3 Å². The Morgan fingerprint density at radius 1 is 1.37 bits per heavy atom. The highest BCUT2D eigenvalue weighted by molar-refractivity contribution is 6.02. The van der Waals surface area contributed by atoms with Gasteiger partial charge in [0.05, 0.1) is 12.8 Å². The zero-order valence-electron chi connectivity index (χ0n) is 11.2. The summed E-state index contributed by atoms with van der Waals surface area (Å²) in [5, 5.41) is 2.74. The first-order chi connectivity index (χ1) is 9.17. The van der Waals surface area contributed by atoms with Gasteiger partial charge < -0.3 is 15.0 Å². The van der Waals surface area contributed by atoms with Crippen LogP contribution in [0.5, 0.6) is 5.75 Å². The minimum Gasteiger partial charge on any atom is -0.495 e. The number of ether oxygens (including phenoxy) is 1. The summed E-state index contributed by atoms with van der Waals surface area (Å²) < 4.78 is 5.28. The fraction of sp³-hybridized carbons (Fsp3) is 0.429. The van der Waals surface area contributed by atoms with Gasteiger partial charge in [-0.15, -0.1) is 0 Å². The summed E-state index contributed by atoms with van der Waals surface area (Å²) in [5.74, 6) is 0.468. The Balaban J connectivity index is 2.36. The number of methoxy groups -OCH3 is 1. The quantitative estimate of drug-likeness (QED) is 0.894. The van der Waals surface area contributed by atoms with Gasteiger partial charge in [-0.25, -0.2) is 0 Å². The molecule has 0 spiro atoms. The molecule has 0 bridgehead atoms. The topological polar surface area (TPSA) is 58.6 Å². The molecule has 1 aromatic carbocycles. The van der Waals surface area contributed by atoms with Gasteiger partial charge in [0.25, 0.3) is 0 Å². The van der Waals surface area contributed by atoms with Gasteiger partial charge in [-0.1, -0.05) is 19.1 Å². The number of nitrogens with zero attached hydrogens (tertiary/aromatic N) is 1. The summed E-state index contributed by atoms with van der Waals surface area (Å²) in [5.41, 5.74) is 0.713. The summed E-state index contributed by atoms with van der Waals surface area (Å²) >= 11 is 0. The normalized spacial score (nSPS) is 19.9. The van der Waals surface area contributed by atoms with Crippen LogP contribution in [-0.2, 0) is 9.59 Å². The molecule has 1 unspecified atom stereocenters. The fourth-order valence-corrected chi connectivity index (χ4v) is 2.21. The number of carbonyl (C=O) groups excluding carboxylic acids is 2. The smallest absolute Gasteiger partial charge is 0.249 e. The van der Waals surface area contributed by atoms with E-state index >= 15 is 0 Å². The molecule has 0 aliphatic carbocycles. The molecule has 19 heavy (non-hydrogen) atoms. The number of amides is 2. The van der Waals surface area contributed by atoms with Crippen molar-refractivity contribution >= 4 is 17.5 Å². The molecule has 102 valence electrons. The van der Waals surface area contributed by atoms with Crippen LogP contribution in [0.2, 0.25) is 0 Å². The van der Waals surface area contributed by atoms with Crippen LogP contribution in [0.25, 0.3) is 0 Å². The number of anilines is 1. The third-order valence-electron chi connectivity index (χ3n) is 3.25.